The molecule has 3 aromatic rings. The van der Waals surface area contributed by atoms with Crippen molar-refractivity contribution < 1.29 is 9.59 Å². The van der Waals surface area contributed by atoms with Gasteiger partial charge < -0.3 is 14.8 Å². The Morgan fingerprint density at radius 1 is 1.17 bits per heavy atom. The zero-order chi connectivity index (χ0) is 20.5. The van der Waals surface area contributed by atoms with Gasteiger partial charge in [-0.05, 0) is 47.9 Å². The van der Waals surface area contributed by atoms with Gasteiger partial charge in [-0.3, -0.25) is 9.59 Å². The summed E-state index contributed by atoms with van der Waals surface area (Å²) in [5.74, 6) is 0.542. The number of carbonyl (C=O) groups excluding carboxylic acids is 2. The fourth-order valence-corrected chi connectivity index (χ4v) is 3.82. The van der Waals surface area contributed by atoms with Crippen LogP contribution in [0.2, 0.25) is 5.02 Å². The molecule has 0 radical (unpaired) electrons. The molecule has 1 aliphatic rings. The lowest BCUT2D eigenvalue weighted by Gasteiger charge is -2.20. The van der Waals surface area contributed by atoms with Gasteiger partial charge in [-0.2, -0.15) is 0 Å². The van der Waals surface area contributed by atoms with Crippen molar-refractivity contribution in [2.24, 2.45) is 7.05 Å². The number of aromatic nitrogens is 2. The molecule has 29 heavy (non-hydrogen) atoms. The van der Waals surface area contributed by atoms with Crippen molar-refractivity contribution in [3.05, 3.63) is 82.4 Å². The third-order valence-electron chi connectivity index (χ3n) is 5.21. The van der Waals surface area contributed by atoms with E-state index < -0.39 is 6.04 Å². The van der Waals surface area contributed by atoms with Crippen LogP contribution in [0, 0.1) is 0 Å². The van der Waals surface area contributed by atoms with E-state index in [1.165, 1.54) is 0 Å². The summed E-state index contributed by atoms with van der Waals surface area (Å²) >= 11 is 6.03. The van der Waals surface area contributed by atoms with Crippen LogP contribution in [0.3, 0.4) is 0 Å². The fourth-order valence-electron chi connectivity index (χ4n) is 3.69. The molecule has 0 aliphatic carbocycles. The minimum atomic E-state index is -0.415. The minimum Gasteiger partial charge on any atom is -0.338 e. The first-order chi connectivity index (χ1) is 13.9. The smallest absolute Gasteiger partial charge is 0.252 e. The number of fused-ring (bicyclic) bond motifs is 1. The molecule has 0 saturated carbocycles. The molecule has 2 amide bonds. The third-order valence-corrected chi connectivity index (χ3v) is 5.46. The minimum absolute atomic E-state index is 0.0125. The van der Waals surface area contributed by atoms with E-state index in [9.17, 15) is 9.59 Å². The van der Waals surface area contributed by atoms with Crippen molar-refractivity contribution in [2.45, 2.75) is 19.4 Å². The van der Waals surface area contributed by atoms with Gasteiger partial charge in [-0.1, -0.05) is 23.7 Å². The number of imidazole rings is 1. The van der Waals surface area contributed by atoms with Crippen molar-refractivity contribution in [2.75, 3.05) is 11.4 Å². The molecule has 4 rings (SSSR count). The van der Waals surface area contributed by atoms with Gasteiger partial charge in [0.15, 0.2) is 0 Å². The molecule has 1 aromatic heterocycles. The van der Waals surface area contributed by atoms with Crippen LogP contribution in [0.5, 0.6) is 0 Å². The van der Waals surface area contributed by atoms with Crippen LogP contribution in [-0.4, -0.2) is 27.9 Å². The molecule has 0 fully saturated rings. The predicted molar refractivity (Wildman–Crippen MR) is 112 cm³/mol. The average Bonchev–Trinajstić information content (AvgIpc) is 3.32. The Hall–Kier alpha value is -3.12. The molecule has 2 heterocycles. The van der Waals surface area contributed by atoms with Crippen LogP contribution in [-0.2, 0) is 18.3 Å². The second-order valence-corrected chi connectivity index (χ2v) is 7.55. The third kappa shape index (κ3) is 3.76. The van der Waals surface area contributed by atoms with Gasteiger partial charge in [-0.15, -0.1) is 0 Å². The summed E-state index contributed by atoms with van der Waals surface area (Å²) in [6.07, 6.45) is 4.29. The molecule has 1 N–H and O–H groups in total. The lowest BCUT2D eigenvalue weighted by atomic mass is 10.0. The van der Waals surface area contributed by atoms with Gasteiger partial charge in [0, 0.05) is 49.2 Å². The van der Waals surface area contributed by atoms with Crippen LogP contribution in [0.25, 0.3) is 0 Å². The Bertz CT molecular complexity index is 1070. The van der Waals surface area contributed by atoms with E-state index in [4.69, 9.17) is 11.6 Å². The maximum Gasteiger partial charge on any atom is 0.252 e. The molecular weight excluding hydrogens is 388 g/mol. The van der Waals surface area contributed by atoms with Gasteiger partial charge in [0.05, 0.1) is 0 Å². The first kappa shape index (κ1) is 19.2. The monoisotopic (exact) mass is 408 g/mol. The van der Waals surface area contributed by atoms with E-state index in [0.717, 1.165) is 29.1 Å². The highest BCUT2D eigenvalue weighted by molar-refractivity contribution is 6.30. The number of anilines is 1. The van der Waals surface area contributed by atoms with Gasteiger partial charge in [0.25, 0.3) is 5.91 Å². The zero-order valence-corrected chi connectivity index (χ0v) is 17.0. The summed E-state index contributed by atoms with van der Waals surface area (Å²) in [6, 6.07) is 12.4. The van der Waals surface area contributed by atoms with Crippen molar-refractivity contribution in [3.8, 4) is 0 Å². The fraction of sp³-hybridized carbons (Fsp3) is 0.227. The van der Waals surface area contributed by atoms with Gasteiger partial charge >= 0.3 is 0 Å². The lowest BCUT2D eigenvalue weighted by molar-refractivity contribution is -0.116. The van der Waals surface area contributed by atoms with Gasteiger partial charge in [0.1, 0.15) is 11.9 Å². The summed E-state index contributed by atoms with van der Waals surface area (Å²) in [4.78, 5) is 31.0. The Morgan fingerprint density at radius 3 is 2.59 bits per heavy atom. The number of nitrogens with one attached hydrogen (secondary N) is 1. The average molecular weight is 409 g/mol. The van der Waals surface area contributed by atoms with E-state index in [0.29, 0.717) is 17.1 Å². The van der Waals surface area contributed by atoms with Crippen molar-refractivity contribution in [1.82, 2.24) is 14.9 Å². The topological polar surface area (TPSA) is 67.2 Å². The quantitative estimate of drug-likeness (QED) is 0.718. The summed E-state index contributed by atoms with van der Waals surface area (Å²) in [7, 11) is 1.89. The van der Waals surface area contributed by atoms with E-state index in [1.54, 1.807) is 36.2 Å². The van der Waals surface area contributed by atoms with Crippen LogP contribution in [0.15, 0.2) is 54.9 Å². The SMILES string of the molecule is CC(=O)N1CCc2cc(C(=O)N[C@@H](c3ccc(Cl)cc3)c3nccn3C)ccc21. The first-order valence-corrected chi connectivity index (χ1v) is 9.76. The number of aryl methyl sites for hydroxylation is 1. The molecule has 7 heteroatoms. The van der Waals surface area contributed by atoms with E-state index in [2.05, 4.69) is 10.3 Å². The van der Waals surface area contributed by atoms with Crippen molar-refractivity contribution >= 4 is 29.1 Å². The largest absolute Gasteiger partial charge is 0.338 e. The van der Waals surface area contributed by atoms with Gasteiger partial charge in [-0.25, -0.2) is 4.98 Å². The molecule has 0 bridgehead atoms. The van der Waals surface area contributed by atoms with E-state index in [1.807, 2.05) is 42.1 Å². The van der Waals surface area contributed by atoms with Crippen LogP contribution in [0.4, 0.5) is 5.69 Å². The molecule has 1 aliphatic heterocycles. The summed E-state index contributed by atoms with van der Waals surface area (Å²) in [5, 5.41) is 3.72. The summed E-state index contributed by atoms with van der Waals surface area (Å²) in [6.45, 7) is 2.20. The second-order valence-electron chi connectivity index (χ2n) is 7.12. The highest BCUT2D eigenvalue weighted by atomic mass is 35.5. The Balaban J connectivity index is 1.63. The molecule has 2 aromatic carbocycles. The van der Waals surface area contributed by atoms with E-state index in [-0.39, 0.29) is 11.8 Å². The molecule has 0 unspecified atom stereocenters. The first-order valence-electron chi connectivity index (χ1n) is 9.38. The van der Waals surface area contributed by atoms with Crippen LogP contribution >= 0.6 is 11.6 Å². The Morgan fingerprint density at radius 2 is 1.93 bits per heavy atom. The Kier molecular flexibility index (Phi) is 5.11. The number of amides is 2. The molecule has 0 spiro atoms. The standard InChI is InChI=1S/C22H21ClN4O2/c1-14(28)27-11-9-16-13-17(5-8-19(16)27)22(29)25-20(21-24-10-12-26(21)2)15-3-6-18(23)7-4-15/h3-8,10,12-13,20H,9,11H2,1-2H3,(H,25,29)/t20-/m0/s1. The lowest BCUT2D eigenvalue weighted by Crippen LogP contribution is -2.31. The maximum atomic E-state index is 13.1. The molecule has 1 atom stereocenters. The van der Waals surface area contributed by atoms with Crippen LogP contribution < -0.4 is 10.2 Å². The number of benzene rings is 2. The molecule has 148 valence electrons. The molecule has 6 nitrogen and oxygen atoms in total. The molecular formula is C22H21ClN4O2. The number of halogens is 1. The number of hydrogen-bond donors (Lipinski definition) is 1. The van der Waals surface area contributed by atoms with Crippen LogP contribution in [0.1, 0.15) is 40.3 Å². The number of carbonyl (C=O) groups is 2. The van der Waals surface area contributed by atoms with Gasteiger partial charge in [0.2, 0.25) is 5.91 Å². The number of hydrogen-bond acceptors (Lipinski definition) is 3. The van der Waals surface area contributed by atoms with E-state index >= 15 is 0 Å². The van der Waals surface area contributed by atoms with Crippen molar-refractivity contribution in [1.29, 1.82) is 0 Å². The normalized spacial score (nSPS) is 13.8. The Labute approximate surface area is 174 Å². The number of nitrogens with zero attached hydrogens (tertiary/aromatic N) is 3. The highest BCUT2D eigenvalue weighted by Crippen LogP contribution is 2.29. The summed E-state index contributed by atoms with van der Waals surface area (Å²) in [5.41, 5.74) is 3.34. The second kappa shape index (κ2) is 7.72. The highest BCUT2D eigenvalue weighted by Gasteiger charge is 2.25. The summed E-state index contributed by atoms with van der Waals surface area (Å²) < 4.78 is 1.88. The predicted octanol–water partition coefficient (Wildman–Crippen LogP) is 3.50. The van der Waals surface area contributed by atoms with Crippen molar-refractivity contribution in [3.63, 3.8) is 0 Å². The zero-order valence-electron chi connectivity index (χ0n) is 16.2. The number of rotatable bonds is 4. The maximum absolute atomic E-state index is 13.1. The molecule has 0 saturated heterocycles.